The molecule has 0 aliphatic carbocycles. The third-order valence-electron chi connectivity index (χ3n) is 2.39. The van der Waals surface area contributed by atoms with Crippen LogP contribution in [-0.4, -0.2) is 20.7 Å². The highest BCUT2D eigenvalue weighted by Gasteiger charge is 2.29. The number of nitrogens with one attached hydrogen (secondary N) is 1. The molecule has 1 N–H and O–H groups in total. The van der Waals surface area contributed by atoms with E-state index in [1.807, 2.05) is 6.92 Å². The first kappa shape index (κ1) is 9.70. The molecule has 0 aromatic carbocycles. The van der Waals surface area contributed by atoms with Crippen LogP contribution in [0.15, 0.2) is 18.0 Å². The molecule has 0 spiro atoms. The molecule has 1 unspecified atom stereocenters. The van der Waals surface area contributed by atoms with Gasteiger partial charge >= 0.3 is 0 Å². The molecule has 1 aromatic heterocycles. The Kier molecular flexibility index (Phi) is 2.40. The molecule has 1 aliphatic rings. The number of rotatable bonds is 3. The maximum Gasteiger partial charge on any atom is 0.286 e. The van der Waals surface area contributed by atoms with Crippen LogP contribution in [0.1, 0.15) is 19.8 Å². The third-order valence-corrected chi connectivity index (χ3v) is 2.39. The van der Waals surface area contributed by atoms with E-state index in [1.165, 1.54) is 10.9 Å². The lowest BCUT2D eigenvalue weighted by atomic mass is 10.1. The summed E-state index contributed by atoms with van der Waals surface area (Å²) in [7, 11) is 0. The third kappa shape index (κ3) is 1.70. The van der Waals surface area contributed by atoms with E-state index in [1.54, 1.807) is 12.3 Å². The summed E-state index contributed by atoms with van der Waals surface area (Å²) in [6.07, 6.45) is 4.74. The molecule has 6 heteroatoms. The summed E-state index contributed by atoms with van der Waals surface area (Å²) < 4.78 is 1.49. The highest BCUT2D eigenvalue weighted by molar-refractivity contribution is 5.51. The molecule has 0 bridgehead atoms. The summed E-state index contributed by atoms with van der Waals surface area (Å²) in [5.74, 6) is 0.805. The Balaban J connectivity index is 2.34. The molecular formula is C9H12N4O2. The van der Waals surface area contributed by atoms with Crippen molar-refractivity contribution in [3.05, 3.63) is 28.1 Å². The van der Waals surface area contributed by atoms with Gasteiger partial charge in [-0.15, -0.1) is 0 Å². The molecule has 1 atom stereocenters. The fraction of sp³-hybridized carbons (Fsp3) is 0.444. The van der Waals surface area contributed by atoms with E-state index in [4.69, 9.17) is 0 Å². The summed E-state index contributed by atoms with van der Waals surface area (Å²) in [4.78, 5) is 10.5. The molecule has 6 nitrogen and oxygen atoms in total. The number of hydrogen-bond acceptors (Lipinski definition) is 4. The van der Waals surface area contributed by atoms with Crippen molar-refractivity contribution in [2.45, 2.75) is 25.8 Å². The first-order valence-electron chi connectivity index (χ1n) is 4.88. The summed E-state index contributed by atoms with van der Waals surface area (Å²) in [5, 5.41) is 17.9. The predicted molar refractivity (Wildman–Crippen MR) is 55.8 cm³/mol. The van der Waals surface area contributed by atoms with Crippen LogP contribution >= 0.6 is 0 Å². The Hall–Kier alpha value is -1.85. The number of nitro groups is 1. The van der Waals surface area contributed by atoms with E-state index in [0.717, 1.165) is 18.7 Å². The topological polar surface area (TPSA) is 73.0 Å². The van der Waals surface area contributed by atoms with Gasteiger partial charge in [0, 0.05) is 6.07 Å². The van der Waals surface area contributed by atoms with Gasteiger partial charge in [-0.2, -0.15) is 5.10 Å². The van der Waals surface area contributed by atoms with Crippen LogP contribution in [0.3, 0.4) is 0 Å². The molecule has 0 saturated carbocycles. The normalized spacial score (nSPS) is 19.0. The van der Waals surface area contributed by atoms with Gasteiger partial charge in [-0.3, -0.25) is 10.1 Å². The molecule has 0 fully saturated rings. The van der Waals surface area contributed by atoms with Crippen LogP contribution in [0.5, 0.6) is 0 Å². The van der Waals surface area contributed by atoms with E-state index in [9.17, 15) is 10.1 Å². The quantitative estimate of drug-likeness (QED) is 0.604. The molecule has 1 aromatic rings. The van der Waals surface area contributed by atoms with E-state index < -0.39 is 0 Å². The average molecular weight is 208 g/mol. The van der Waals surface area contributed by atoms with Crippen molar-refractivity contribution in [1.29, 1.82) is 0 Å². The van der Waals surface area contributed by atoms with Gasteiger partial charge in [0.15, 0.2) is 0 Å². The Morgan fingerprint density at radius 3 is 3.20 bits per heavy atom. The molecule has 80 valence electrons. The van der Waals surface area contributed by atoms with Crippen LogP contribution in [0.4, 0.5) is 5.82 Å². The number of hydrogen-bond donors (Lipinski definition) is 1. The lowest BCUT2D eigenvalue weighted by Gasteiger charge is -2.20. The standard InChI is InChI=1S/C9H12N4O2/c1-2-3-7-8(13(14)15)6-12-9(11-7)4-5-10-12/h4-7,11H,2-3H2,1H3. The lowest BCUT2D eigenvalue weighted by molar-refractivity contribution is -0.427. The van der Waals surface area contributed by atoms with Crippen molar-refractivity contribution in [3.8, 4) is 0 Å². The summed E-state index contributed by atoms with van der Waals surface area (Å²) >= 11 is 0. The zero-order valence-electron chi connectivity index (χ0n) is 8.38. The minimum atomic E-state index is -0.349. The number of anilines is 1. The van der Waals surface area contributed by atoms with Gasteiger partial charge in [-0.05, 0) is 6.42 Å². The number of nitrogens with zero attached hydrogens (tertiary/aromatic N) is 3. The zero-order valence-corrected chi connectivity index (χ0v) is 8.38. The molecule has 0 amide bonds. The highest BCUT2D eigenvalue weighted by atomic mass is 16.6. The summed E-state index contributed by atoms with van der Waals surface area (Å²) in [5.41, 5.74) is 0.174. The Morgan fingerprint density at radius 2 is 2.53 bits per heavy atom. The molecule has 1 aliphatic heterocycles. The van der Waals surface area contributed by atoms with Crippen molar-refractivity contribution in [2.24, 2.45) is 0 Å². The van der Waals surface area contributed by atoms with Crippen molar-refractivity contribution < 1.29 is 4.92 Å². The molecule has 2 rings (SSSR count). The largest absolute Gasteiger partial charge is 0.357 e. The molecule has 0 saturated heterocycles. The first-order valence-corrected chi connectivity index (χ1v) is 4.88. The van der Waals surface area contributed by atoms with Gasteiger partial charge < -0.3 is 5.32 Å². The van der Waals surface area contributed by atoms with E-state index in [0.29, 0.717) is 0 Å². The monoisotopic (exact) mass is 208 g/mol. The van der Waals surface area contributed by atoms with Gasteiger partial charge in [0.1, 0.15) is 18.1 Å². The fourth-order valence-corrected chi connectivity index (χ4v) is 1.68. The van der Waals surface area contributed by atoms with Crippen molar-refractivity contribution >= 4 is 12.0 Å². The maximum absolute atomic E-state index is 10.8. The first-order chi connectivity index (χ1) is 7.22. The molecule has 0 radical (unpaired) electrons. The van der Waals surface area contributed by atoms with E-state index >= 15 is 0 Å². The van der Waals surface area contributed by atoms with Gasteiger partial charge in [0.05, 0.1) is 11.1 Å². The summed E-state index contributed by atoms with van der Waals surface area (Å²) in [6.45, 7) is 2.01. The van der Waals surface area contributed by atoms with Crippen LogP contribution in [0, 0.1) is 10.1 Å². The Bertz CT molecular complexity index is 410. The van der Waals surface area contributed by atoms with Gasteiger partial charge in [-0.1, -0.05) is 13.3 Å². The van der Waals surface area contributed by atoms with E-state index in [2.05, 4.69) is 10.4 Å². The second-order valence-corrected chi connectivity index (χ2v) is 3.46. The van der Waals surface area contributed by atoms with Gasteiger partial charge in [0.2, 0.25) is 0 Å². The van der Waals surface area contributed by atoms with Crippen LogP contribution in [0.25, 0.3) is 6.20 Å². The Morgan fingerprint density at radius 1 is 1.73 bits per heavy atom. The summed E-state index contributed by atoms with van der Waals surface area (Å²) in [6, 6.07) is 1.59. The average Bonchev–Trinajstić information content (AvgIpc) is 2.63. The Labute approximate surface area is 86.7 Å². The number of fused-ring (bicyclic) bond motifs is 1. The van der Waals surface area contributed by atoms with E-state index in [-0.39, 0.29) is 16.7 Å². The second-order valence-electron chi connectivity index (χ2n) is 3.46. The van der Waals surface area contributed by atoms with Crippen LogP contribution in [-0.2, 0) is 0 Å². The smallest absolute Gasteiger partial charge is 0.286 e. The number of aromatic nitrogens is 2. The molecule has 2 heterocycles. The fourth-order valence-electron chi connectivity index (χ4n) is 1.68. The van der Waals surface area contributed by atoms with Crippen LogP contribution in [0.2, 0.25) is 0 Å². The maximum atomic E-state index is 10.8. The molecular weight excluding hydrogens is 196 g/mol. The van der Waals surface area contributed by atoms with Gasteiger partial charge in [-0.25, -0.2) is 4.68 Å². The predicted octanol–water partition coefficient (Wildman–Crippen LogP) is 1.55. The lowest BCUT2D eigenvalue weighted by Crippen LogP contribution is -2.30. The van der Waals surface area contributed by atoms with Gasteiger partial charge in [0.25, 0.3) is 5.70 Å². The van der Waals surface area contributed by atoms with Crippen molar-refractivity contribution in [2.75, 3.05) is 5.32 Å². The highest BCUT2D eigenvalue weighted by Crippen LogP contribution is 2.22. The van der Waals surface area contributed by atoms with Crippen LogP contribution < -0.4 is 5.32 Å². The SMILES string of the molecule is CCCC1Nc2ccnn2C=C1[N+](=O)[O-]. The minimum Gasteiger partial charge on any atom is -0.357 e. The zero-order chi connectivity index (χ0) is 10.8. The van der Waals surface area contributed by atoms with Crippen molar-refractivity contribution in [1.82, 2.24) is 9.78 Å². The minimum absolute atomic E-state index is 0.174. The van der Waals surface area contributed by atoms with Crippen molar-refractivity contribution in [3.63, 3.8) is 0 Å². The second kappa shape index (κ2) is 3.72. The molecule has 15 heavy (non-hydrogen) atoms.